The topological polar surface area (TPSA) is 78.7 Å². The first-order valence-corrected chi connectivity index (χ1v) is 11.3. The minimum absolute atomic E-state index is 0.0439. The number of nitrogens with zero attached hydrogens (tertiary/aromatic N) is 2. The molecule has 2 atom stereocenters. The van der Waals surface area contributed by atoms with Crippen LogP contribution in [0.25, 0.3) is 0 Å². The highest BCUT2D eigenvalue weighted by Crippen LogP contribution is 2.23. The summed E-state index contributed by atoms with van der Waals surface area (Å²) in [4.78, 5) is 29.0. The zero-order valence-electron chi connectivity index (χ0n) is 18.0. The molecule has 0 saturated carbocycles. The maximum absolute atomic E-state index is 12.9. The van der Waals surface area contributed by atoms with Crippen molar-refractivity contribution in [2.24, 2.45) is 11.7 Å². The summed E-state index contributed by atoms with van der Waals surface area (Å²) in [6, 6.07) is 18.3. The highest BCUT2D eigenvalue weighted by molar-refractivity contribution is 5.95. The largest absolute Gasteiger partial charge is 0.369 e. The average Bonchev–Trinajstić information content (AvgIpc) is 3.24. The first-order chi connectivity index (χ1) is 15.1. The summed E-state index contributed by atoms with van der Waals surface area (Å²) >= 11 is 0. The predicted octanol–water partition coefficient (Wildman–Crippen LogP) is 2.99. The first kappa shape index (κ1) is 21.5. The highest BCUT2D eigenvalue weighted by atomic mass is 16.2. The van der Waals surface area contributed by atoms with Crippen LogP contribution in [0.3, 0.4) is 0 Å². The van der Waals surface area contributed by atoms with E-state index in [0.717, 1.165) is 64.1 Å². The van der Waals surface area contributed by atoms with E-state index >= 15 is 0 Å². The molecule has 2 saturated heterocycles. The van der Waals surface area contributed by atoms with Crippen LogP contribution in [-0.4, -0.2) is 47.3 Å². The predicted molar refractivity (Wildman–Crippen MR) is 122 cm³/mol. The van der Waals surface area contributed by atoms with E-state index in [9.17, 15) is 9.59 Å². The second kappa shape index (κ2) is 10.1. The second-order valence-electron chi connectivity index (χ2n) is 8.78. The number of piperidine rings is 1. The van der Waals surface area contributed by atoms with E-state index in [2.05, 4.69) is 39.4 Å². The zero-order chi connectivity index (χ0) is 21.6. The van der Waals surface area contributed by atoms with Crippen LogP contribution in [0.5, 0.6) is 0 Å². The maximum atomic E-state index is 12.9. The van der Waals surface area contributed by atoms with Crippen LogP contribution in [-0.2, 0) is 22.7 Å². The van der Waals surface area contributed by atoms with E-state index in [1.165, 1.54) is 11.1 Å². The Morgan fingerprint density at radius 3 is 2.35 bits per heavy atom. The Labute approximate surface area is 184 Å². The lowest BCUT2D eigenvalue weighted by Gasteiger charge is -2.31. The van der Waals surface area contributed by atoms with Crippen molar-refractivity contribution >= 4 is 17.5 Å². The Bertz CT molecular complexity index is 884. The minimum atomic E-state index is -0.198. The van der Waals surface area contributed by atoms with Gasteiger partial charge in [0, 0.05) is 25.3 Å². The molecular weight excluding hydrogens is 388 g/mol. The lowest BCUT2D eigenvalue weighted by Crippen LogP contribution is -2.40. The fraction of sp³-hybridized carbons (Fsp3) is 0.440. The Morgan fingerprint density at radius 2 is 1.61 bits per heavy atom. The zero-order valence-corrected chi connectivity index (χ0v) is 18.0. The molecule has 3 N–H and O–H groups in total. The molecule has 2 unspecified atom stereocenters. The van der Waals surface area contributed by atoms with Gasteiger partial charge >= 0.3 is 0 Å². The van der Waals surface area contributed by atoms with Crippen LogP contribution < -0.4 is 11.1 Å². The van der Waals surface area contributed by atoms with E-state index in [1.807, 2.05) is 30.3 Å². The van der Waals surface area contributed by atoms with Gasteiger partial charge < -0.3 is 11.1 Å². The minimum Gasteiger partial charge on any atom is -0.369 e. The lowest BCUT2D eigenvalue weighted by molar-refractivity contribution is -0.123. The van der Waals surface area contributed by atoms with Crippen LogP contribution in [0.4, 0.5) is 5.69 Å². The van der Waals surface area contributed by atoms with Gasteiger partial charge in [0.25, 0.3) is 0 Å². The van der Waals surface area contributed by atoms with Crippen molar-refractivity contribution in [1.82, 2.24) is 9.80 Å². The highest BCUT2D eigenvalue weighted by Gasteiger charge is 2.30. The molecule has 0 radical (unpaired) electrons. The molecule has 2 aromatic rings. The number of nitrogens with one attached hydrogen (secondary N) is 1. The monoisotopic (exact) mass is 420 g/mol. The van der Waals surface area contributed by atoms with Crippen molar-refractivity contribution in [3.05, 3.63) is 65.7 Å². The van der Waals surface area contributed by atoms with Gasteiger partial charge in [-0.2, -0.15) is 0 Å². The molecule has 164 valence electrons. The van der Waals surface area contributed by atoms with Crippen molar-refractivity contribution in [3.63, 3.8) is 0 Å². The smallest absolute Gasteiger partial charge is 0.241 e. The SMILES string of the molecule is NC(=O)C1CCCN(Cc2ccc(NC(=O)C3CCCN3Cc3ccccc3)cc2)C1. The van der Waals surface area contributed by atoms with E-state index in [4.69, 9.17) is 5.73 Å². The third kappa shape index (κ3) is 5.71. The fourth-order valence-electron chi connectivity index (χ4n) is 4.74. The maximum Gasteiger partial charge on any atom is 0.241 e. The molecule has 0 aliphatic carbocycles. The Hall–Kier alpha value is -2.70. The molecule has 2 aromatic carbocycles. The summed E-state index contributed by atoms with van der Waals surface area (Å²) in [7, 11) is 0. The van der Waals surface area contributed by atoms with Crippen LogP contribution in [0.1, 0.15) is 36.8 Å². The number of amides is 2. The fourth-order valence-corrected chi connectivity index (χ4v) is 4.74. The van der Waals surface area contributed by atoms with Crippen LogP contribution >= 0.6 is 0 Å². The van der Waals surface area contributed by atoms with Gasteiger partial charge in [-0.3, -0.25) is 19.4 Å². The molecule has 6 nitrogen and oxygen atoms in total. The van der Waals surface area contributed by atoms with Gasteiger partial charge in [0.1, 0.15) is 0 Å². The van der Waals surface area contributed by atoms with Crippen molar-refractivity contribution in [1.29, 1.82) is 0 Å². The summed E-state index contributed by atoms with van der Waals surface area (Å²) in [5.41, 5.74) is 8.73. The molecule has 0 spiro atoms. The first-order valence-electron chi connectivity index (χ1n) is 11.3. The second-order valence-corrected chi connectivity index (χ2v) is 8.78. The van der Waals surface area contributed by atoms with Gasteiger partial charge in [-0.15, -0.1) is 0 Å². The number of nitrogens with two attached hydrogens (primary N) is 1. The molecule has 2 aliphatic heterocycles. The quantitative estimate of drug-likeness (QED) is 0.722. The van der Waals surface area contributed by atoms with Crippen LogP contribution in [0, 0.1) is 5.92 Å². The molecule has 31 heavy (non-hydrogen) atoms. The number of primary amides is 1. The van der Waals surface area contributed by atoms with E-state index in [0.29, 0.717) is 0 Å². The standard InChI is InChI=1S/C25H32N4O2/c26-24(30)21-8-4-14-28(18-21)16-20-10-12-22(13-11-20)27-25(31)23-9-5-15-29(23)17-19-6-2-1-3-7-19/h1-3,6-7,10-13,21,23H,4-5,8-9,14-18H2,(H2,26,30)(H,27,31). The van der Waals surface area contributed by atoms with Crippen molar-refractivity contribution < 1.29 is 9.59 Å². The number of carbonyl (C=O) groups excluding carboxylic acids is 2. The molecule has 2 fully saturated rings. The van der Waals surface area contributed by atoms with Crippen molar-refractivity contribution in [2.75, 3.05) is 25.0 Å². The van der Waals surface area contributed by atoms with Gasteiger partial charge in [0.2, 0.25) is 11.8 Å². The Kier molecular flexibility index (Phi) is 6.99. The lowest BCUT2D eigenvalue weighted by atomic mass is 9.97. The van der Waals surface area contributed by atoms with Crippen LogP contribution in [0.2, 0.25) is 0 Å². The molecule has 2 aliphatic rings. The third-order valence-electron chi connectivity index (χ3n) is 6.43. The normalized spacial score (nSPS) is 22.3. The van der Waals surface area contributed by atoms with E-state index in [-0.39, 0.29) is 23.8 Å². The summed E-state index contributed by atoms with van der Waals surface area (Å²) in [5, 5.41) is 3.10. The average molecular weight is 421 g/mol. The Balaban J connectivity index is 1.31. The summed E-state index contributed by atoms with van der Waals surface area (Å²) in [6.45, 7) is 4.27. The molecular formula is C25H32N4O2. The van der Waals surface area contributed by atoms with E-state index in [1.54, 1.807) is 0 Å². The Morgan fingerprint density at radius 1 is 0.903 bits per heavy atom. The van der Waals surface area contributed by atoms with E-state index < -0.39 is 0 Å². The molecule has 4 rings (SSSR count). The number of carbonyl (C=O) groups is 2. The molecule has 6 heteroatoms. The number of hydrogen-bond acceptors (Lipinski definition) is 4. The molecule has 2 amide bonds. The third-order valence-corrected chi connectivity index (χ3v) is 6.43. The van der Waals surface area contributed by atoms with Gasteiger partial charge in [-0.1, -0.05) is 42.5 Å². The van der Waals surface area contributed by atoms with Gasteiger partial charge in [0.05, 0.1) is 12.0 Å². The van der Waals surface area contributed by atoms with Gasteiger partial charge in [-0.05, 0) is 62.0 Å². The van der Waals surface area contributed by atoms with Gasteiger partial charge in [0.15, 0.2) is 0 Å². The summed E-state index contributed by atoms with van der Waals surface area (Å²) < 4.78 is 0. The number of likely N-dealkylation sites (tertiary alicyclic amines) is 2. The number of rotatable bonds is 7. The molecule has 2 heterocycles. The van der Waals surface area contributed by atoms with Crippen molar-refractivity contribution in [2.45, 2.75) is 44.8 Å². The number of benzene rings is 2. The summed E-state index contributed by atoms with van der Waals surface area (Å²) in [5.74, 6) is -0.171. The molecule has 0 aromatic heterocycles. The summed E-state index contributed by atoms with van der Waals surface area (Å²) in [6.07, 6.45) is 3.83. The van der Waals surface area contributed by atoms with Crippen LogP contribution in [0.15, 0.2) is 54.6 Å². The number of hydrogen-bond donors (Lipinski definition) is 2. The van der Waals surface area contributed by atoms with Crippen molar-refractivity contribution in [3.8, 4) is 0 Å². The number of anilines is 1. The molecule has 0 bridgehead atoms. The van der Waals surface area contributed by atoms with Gasteiger partial charge in [-0.25, -0.2) is 0 Å².